The summed E-state index contributed by atoms with van der Waals surface area (Å²) in [6.07, 6.45) is 1.11. The Morgan fingerprint density at radius 2 is 2.56 bits per heavy atom. The highest BCUT2D eigenvalue weighted by Gasteiger charge is 2.10. The molecule has 1 N–H and O–H groups in total. The number of nitrogens with one attached hydrogen (secondary N) is 1. The van der Waals surface area contributed by atoms with E-state index >= 15 is 0 Å². The van der Waals surface area contributed by atoms with Crippen LogP contribution >= 0.6 is 11.8 Å². The molecule has 0 bridgehead atoms. The van der Waals surface area contributed by atoms with Crippen molar-refractivity contribution in [3.05, 3.63) is 0 Å². The van der Waals surface area contributed by atoms with Gasteiger partial charge in [0.1, 0.15) is 0 Å². The summed E-state index contributed by atoms with van der Waals surface area (Å²) in [5, 5.41) is 2.88. The number of thioether (sulfide) groups is 1. The largest absolute Gasteiger partial charge is 0.353 e. The molecule has 3 heteroatoms. The van der Waals surface area contributed by atoms with E-state index in [4.69, 9.17) is 0 Å². The van der Waals surface area contributed by atoms with Crippen molar-refractivity contribution < 1.29 is 4.79 Å². The lowest BCUT2D eigenvalue weighted by molar-refractivity contribution is -0.119. The summed E-state index contributed by atoms with van der Waals surface area (Å²) in [6, 6.07) is 0.382. The van der Waals surface area contributed by atoms with Crippen molar-refractivity contribution in [1.29, 1.82) is 0 Å². The van der Waals surface area contributed by atoms with Gasteiger partial charge in [0.05, 0.1) is 5.75 Å². The van der Waals surface area contributed by atoms with Gasteiger partial charge in [0.2, 0.25) is 5.91 Å². The summed E-state index contributed by atoms with van der Waals surface area (Å²) >= 11 is 1.72. The molecule has 0 aromatic carbocycles. The molecule has 0 radical (unpaired) electrons. The third-order valence-electron chi connectivity index (χ3n) is 1.34. The van der Waals surface area contributed by atoms with E-state index in [2.05, 4.69) is 5.32 Å². The highest BCUT2D eigenvalue weighted by atomic mass is 32.2. The fourth-order valence-electron chi connectivity index (χ4n) is 0.814. The van der Waals surface area contributed by atoms with E-state index in [1.54, 1.807) is 11.8 Å². The lowest BCUT2D eigenvalue weighted by Gasteiger charge is -2.06. The second-order valence-electron chi connectivity index (χ2n) is 2.31. The van der Waals surface area contributed by atoms with Crippen molar-refractivity contribution in [2.24, 2.45) is 0 Å². The van der Waals surface area contributed by atoms with E-state index in [1.165, 1.54) is 0 Å². The maximum absolute atomic E-state index is 10.8. The van der Waals surface area contributed by atoms with Crippen LogP contribution in [0.2, 0.25) is 0 Å². The van der Waals surface area contributed by atoms with Crippen LogP contribution in [0.3, 0.4) is 0 Å². The molecule has 1 aliphatic rings. The Morgan fingerprint density at radius 3 is 3.33 bits per heavy atom. The first-order chi connectivity index (χ1) is 4.29. The van der Waals surface area contributed by atoms with Crippen molar-refractivity contribution in [3.63, 3.8) is 0 Å². The Balaban J connectivity index is 2.37. The monoisotopic (exact) mass is 145 g/mol. The second kappa shape index (κ2) is 3.11. The molecule has 2 nitrogen and oxygen atoms in total. The van der Waals surface area contributed by atoms with Crippen LogP contribution in [0.15, 0.2) is 0 Å². The van der Waals surface area contributed by atoms with Crippen LogP contribution in [0, 0.1) is 0 Å². The Kier molecular flexibility index (Phi) is 2.39. The molecule has 52 valence electrons. The molecular weight excluding hydrogens is 134 g/mol. The van der Waals surface area contributed by atoms with E-state index in [0.29, 0.717) is 11.8 Å². The molecule has 0 aromatic heterocycles. The van der Waals surface area contributed by atoms with Gasteiger partial charge in [-0.25, -0.2) is 0 Å². The minimum Gasteiger partial charge on any atom is -0.353 e. The SMILES string of the molecule is C[C@@H]1CCSCC(=O)N1. The van der Waals surface area contributed by atoms with Crippen LogP contribution in [-0.2, 0) is 4.79 Å². The predicted octanol–water partition coefficient (Wildman–Crippen LogP) is 0.628. The van der Waals surface area contributed by atoms with Gasteiger partial charge in [-0.1, -0.05) is 0 Å². The summed E-state index contributed by atoms with van der Waals surface area (Å²) in [6.45, 7) is 2.05. The minimum absolute atomic E-state index is 0.185. The minimum atomic E-state index is 0.185. The number of hydrogen-bond acceptors (Lipinski definition) is 2. The summed E-state index contributed by atoms with van der Waals surface area (Å²) in [5.41, 5.74) is 0. The van der Waals surface area contributed by atoms with Gasteiger partial charge in [-0.2, -0.15) is 11.8 Å². The molecule has 1 aliphatic heterocycles. The van der Waals surface area contributed by atoms with Crippen molar-refractivity contribution in [3.8, 4) is 0 Å². The quantitative estimate of drug-likeness (QED) is 0.541. The van der Waals surface area contributed by atoms with Crippen molar-refractivity contribution >= 4 is 17.7 Å². The first kappa shape index (κ1) is 6.93. The molecule has 1 rings (SSSR count). The van der Waals surface area contributed by atoms with Crippen LogP contribution in [0.5, 0.6) is 0 Å². The Bertz CT molecular complexity index is 116. The third kappa shape index (κ3) is 2.26. The molecule has 1 fully saturated rings. The van der Waals surface area contributed by atoms with Crippen LogP contribution < -0.4 is 5.32 Å². The van der Waals surface area contributed by atoms with E-state index in [0.717, 1.165) is 12.2 Å². The van der Waals surface area contributed by atoms with Gasteiger partial charge < -0.3 is 5.32 Å². The van der Waals surface area contributed by atoms with Crippen LogP contribution in [0.25, 0.3) is 0 Å². The average molecular weight is 145 g/mol. The topological polar surface area (TPSA) is 29.1 Å². The number of carbonyl (C=O) groups excluding carboxylic acids is 1. The van der Waals surface area contributed by atoms with Crippen molar-refractivity contribution in [2.45, 2.75) is 19.4 Å². The molecule has 9 heavy (non-hydrogen) atoms. The summed E-state index contributed by atoms with van der Waals surface area (Å²) in [4.78, 5) is 10.8. The lowest BCUT2D eigenvalue weighted by Crippen LogP contribution is -2.31. The fourth-order valence-corrected chi connectivity index (χ4v) is 1.75. The molecule has 1 atom stereocenters. The first-order valence-corrected chi connectivity index (χ1v) is 4.31. The highest BCUT2D eigenvalue weighted by Crippen LogP contribution is 2.08. The predicted molar refractivity (Wildman–Crippen MR) is 39.5 cm³/mol. The second-order valence-corrected chi connectivity index (χ2v) is 3.41. The van der Waals surface area contributed by atoms with Gasteiger partial charge in [0, 0.05) is 6.04 Å². The zero-order valence-corrected chi connectivity index (χ0v) is 6.33. The number of amides is 1. The van der Waals surface area contributed by atoms with Gasteiger partial charge in [-0.15, -0.1) is 0 Å². The van der Waals surface area contributed by atoms with Crippen LogP contribution in [0.1, 0.15) is 13.3 Å². The van der Waals surface area contributed by atoms with Gasteiger partial charge >= 0.3 is 0 Å². The normalized spacial score (nSPS) is 29.0. The Hall–Kier alpha value is -0.180. The van der Waals surface area contributed by atoms with Crippen LogP contribution in [0.4, 0.5) is 0 Å². The number of rotatable bonds is 0. The van der Waals surface area contributed by atoms with E-state index < -0.39 is 0 Å². The summed E-state index contributed by atoms with van der Waals surface area (Å²) in [7, 11) is 0. The zero-order chi connectivity index (χ0) is 6.69. The smallest absolute Gasteiger partial charge is 0.230 e. The molecule has 1 saturated heterocycles. The fraction of sp³-hybridized carbons (Fsp3) is 0.833. The third-order valence-corrected chi connectivity index (χ3v) is 2.33. The Morgan fingerprint density at radius 1 is 1.78 bits per heavy atom. The Labute approximate surface area is 59.4 Å². The van der Waals surface area contributed by atoms with Crippen LogP contribution in [-0.4, -0.2) is 23.5 Å². The summed E-state index contributed by atoms with van der Waals surface area (Å²) in [5.74, 6) is 1.94. The van der Waals surface area contributed by atoms with E-state index in [9.17, 15) is 4.79 Å². The van der Waals surface area contributed by atoms with E-state index in [-0.39, 0.29) is 5.91 Å². The molecule has 0 aromatic rings. The van der Waals surface area contributed by atoms with Crippen molar-refractivity contribution in [2.75, 3.05) is 11.5 Å². The molecule has 0 saturated carbocycles. The average Bonchev–Trinajstić information content (AvgIpc) is 1.93. The van der Waals surface area contributed by atoms with E-state index in [1.807, 2.05) is 6.92 Å². The summed E-state index contributed by atoms with van der Waals surface area (Å²) < 4.78 is 0. The standard InChI is InChI=1S/C6H11NOS/c1-5-2-3-9-4-6(8)7-5/h5H,2-4H2,1H3,(H,7,8)/t5-/m1/s1. The van der Waals surface area contributed by atoms with Gasteiger partial charge in [-0.3, -0.25) is 4.79 Å². The highest BCUT2D eigenvalue weighted by molar-refractivity contribution is 7.99. The molecule has 1 amide bonds. The first-order valence-electron chi connectivity index (χ1n) is 3.16. The van der Waals surface area contributed by atoms with Gasteiger partial charge in [0.15, 0.2) is 0 Å². The number of carbonyl (C=O) groups is 1. The molecule has 0 spiro atoms. The molecule has 1 heterocycles. The molecule has 0 aliphatic carbocycles. The van der Waals surface area contributed by atoms with Gasteiger partial charge in [0.25, 0.3) is 0 Å². The zero-order valence-electron chi connectivity index (χ0n) is 5.52. The lowest BCUT2D eigenvalue weighted by atomic mass is 10.3. The maximum Gasteiger partial charge on any atom is 0.230 e. The van der Waals surface area contributed by atoms with Gasteiger partial charge in [-0.05, 0) is 19.1 Å². The maximum atomic E-state index is 10.8. The molecular formula is C6H11NOS. The van der Waals surface area contributed by atoms with Crippen molar-refractivity contribution in [1.82, 2.24) is 5.32 Å². The number of hydrogen-bond donors (Lipinski definition) is 1. The molecule has 0 unspecified atom stereocenters.